The van der Waals surface area contributed by atoms with Crippen LogP contribution >= 0.6 is 0 Å². The molecule has 1 fully saturated rings. The Bertz CT molecular complexity index is 216. The van der Waals surface area contributed by atoms with Crippen molar-refractivity contribution in [1.82, 2.24) is 0 Å². The molecular weight excluding hydrogens is 221 g/mol. The van der Waals surface area contributed by atoms with E-state index in [1.165, 1.54) is 0 Å². The molecule has 2 atom stereocenters. The van der Waals surface area contributed by atoms with Crippen LogP contribution in [0, 0.1) is 0 Å². The van der Waals surface area contributed by atoms with Gasteiger partial charge in [-0.3, -0.25) is 0 Å². The molecule has 16 heavy (non-hydrogen) atoms. The van der Waals surface area contributed by atoms with E-state index in [9.17, 15) is 18.3 Å². The Labute approximate surface area is 93.8 Å². The highest BCUT2D eigenvalue weighted by molar-refractivity contribution is 4.86. The molecule has 0 aromatic rings. The zero-order valence-corrected chi connectivity index (χ0v) is 9.52. The van der Waals surface area contributed by atoms with Crippen LogP contribution < -0.4 is 0 Å². The highest BCUT2D eigenvalue weighted by atomic mass is 19.4. The average Bonchev–Trinajstić information content (AvgIpc) is 2.15. The largest absolute Gasteiger partial charge is 0.390 e. The van der Waals surface area contributed by atoms with E-state index in [4.69, 9.17) is 4.74 Å². The third-order valence-electron chi connectivity index (χ3n) is 3.01. The normalized spacial score (nSPS) is 31.7. The maximum Gasteiger partial charge on any atom is 0.389 e. The van der Waals surface area contributed by atoms with Crippen molar-refractivity contribution in [3.8, 4) is 0 Å². The predicted octanol–water partition coefficient (Wildman–Crippen LogP) is 3.04. The van der Waals surface area contributed by atoms with E-state index in [0.717, 1.165) is 12.8 Å². The smallest absolute Gasteiger partial charge is 0.389 e. The Balaban J connectivity index is 2.43. The molecular formula is C11H19F3O2. The van der Waals surface area contributed by atoms with Gasteiger partial charge in [-0.05, 0) is 19.3 Å². The highest BCUT2D eigenvalue weighted by Gasteiger charge is 2.38. The fraction of sp³-hybridized carbons (Fsp3) is 1.00. The molecule has 0 radical (unpaired) electrons. The number of halogens is 3. The van der Waals surface area contributed by atoms with Crippen molar-refractivity contribution in [2.45, 2.75) is 63.3 Å². The molecule has 0 aromatic heterocycles. The molecule has 1 rings (SSSR count). The molecule has 1 saturated heterocycles. The lowest BCUT2D eigenvalue weighted by Crippen LogP contribution is -2.41. The van der Waals surface area contributed by atoms with Gasteiger partial charge in [0.25, 0.3) is 0 Å². The molecule has 0 amide bonds. The first-order chi connectivity index (χ1) is 7.35. The van der Waals surface area contributed by atoms with Gasteiger partial charge in [0.05, 0.1) is 11.7 Å². The zero-order chi connectivity index (χ0) is 12.2. The number of hydrogen-bond donors (Lipinski definition) is 1. The summed E-state index contributed by atoms with van der Waals surface area (Å²) in [5, 5.41) is 10.1. The summed E-state index contributed by atoms with van der Waals surface area (Å²) in [7, 11) is 0. The molecule has 5 heteroatoms. The molecule has 1 N–H and O–H groups in total. The quantitative estimate of drug-likeness (QED) is 0.818. The Kier molecular flexibility index (Phi) is 4.62. The molecule has 0 saturated carbocycles. The van der Waals surface area contributed by atoms with Crippen LogP contribution in [0.4, 0.5) is 13.2 Å². The van der Waals surface area contributed by atoms with E-state index < -0.39 is 18.2 Å². The van der Waals surface area contributed by atoms with Crippen molar-refractivity contribution < 1.29 is 23.0 Å². The summed E-state index contributed by atoms with van der Waals surface area (Å²) in [6.07, 6.45) is -3.04. The van der Waals surface area contributed by atoms with Crippen molar-refractivity contribution in [2.75, 3.05) is 6.61 Å². The summed E-state index contributed by atoms with van der Waals surface area (Å²) < 4.78 is 41.7. The molecule has 0 bridgehead atoms. The lowest BCUT2D eigenvalue weighted by atomic mass is 9.85. The summed E-state index contributed by atoms with van der Waals surface area (Å²) in [6, 6.07) is 0. The van der Waals surface area contributed by atoms with Gasteiger partial charge >= 0.3 is 6.18 Å². The van der Waals surface area contributed by atoms with Crippen LogP contribution in [-0.4, -0.2) is 29.6 Å². The van der Waals surface area contributed by atoms with Crippen LogP contribution in [0.25, 0.3) is 0 Å². The topological polar surface area (TPSA) is 29.5 Å². The molecule has 2 unspecified atom stereocenters. The summed E-state index contributed by atoms with van der Waals surface area (Å²) in [4.78, 5) is 0. The SMILES string of the molecule is CCCC1CC(O)(CCC(F)(F)F)CCO1. The van der Waals surface area contributed by atoms with Gasteiger partial charge in [0.1, 0.15) is 0 Å². The lowest BCUT2D eigenvalue weighted by Gasteiger charge is -2.37. The monoisotopic (exact) mass is 240 g/mol. The van der Waals surface area contributed by atoms with Crippen LogP contribution in [-0.2, 0) is 4.74 Å². The molecule has 1 aliphatic heterocycles. The van der Waals surface area contributed by atoms with E-state index in [1.54, 1.807) is 0 Å². The van der Waals surface area contributed by atoms with Gasteiger partial charge in [-0.1, -0.05) is 13.3 Å². The Morgan fingerprint density at radius 2 is 2.12 bits per heavy atom. The minimum atomic E-state index is -4.19. The molecule has 96 valence electrons. The number of hydrogen-bond acceptors (Lipinski definition) is 2. The maximum atomic E-state index is 12.1. The molecule has 1 heterocycles. The first-order valence-corrected chi connectivity index (χ1v) is 5.75. The van der Waals surface area contributed by atoms with E-state index in [0.29, 0.717) is 19.4 Å². The molecule has 1 aliphatic rings. The summed E-state index contributed by atoms with van der Waals surface area (Å²) in [5.41, 5.74) is -1.19. The summed E-state index contributed by atoms with van der Waals surface area (Å²) in [5.74, 6) is 0. The average molecular weight is 240 g/mol. The minimum absolute atomic E-state index is 0.0861. The van der Waals surface area contributed by atoms with Crippen molar-refractivity contribution in [2.24, 2.45) is 0 Å². The van der Waals surface area contributed by atoms with Crippen molar-refractivity contribution in [3.05, 3.63) is 0 Å². The number of alkyl halides is 3. The Hall–Kier alpha value is -0.290. The first kappa shape index (κ1) is 13.8. The van der Waals surface area contributed by atoms with E-state index in [-0.39, 0.29) is 12.5 Å². The zero-order valence-electron chi connectivity index (χ0n) is 9.52. The molecule has 0 aliphatic carbocycles. The van der Waals surface area contributed by atoms with Gasteiger partial charge in [0, 0.05) is 19.4 Å². The summed E-state index contributed by atoms with van der Waals surface area (Å²) >= 11 is 0. The third-order valence-corrected chi connectivity index (χ3v) is 3.01. The fourth-order valence-corrected chi connectivity index (χ4v) is 2.11. The molecule has 0 aromatic carbocycles. The lowest BCUT2D eigenvalue weighted by molar-refractivity contribution is -0.162. The van der Waals surface area contributed by atoms with Crippen molar-refractivity contribution >= 4 is 0 Å². The highest BCUT2D eigenvalue weighted by Crippen LogP contribution is 2.34. The van der Waals surface area contributed by atoms with Crippen molar-refractivity contribution in [1.29, 1.82) is 0 Å². The fourth-order valence-electron chi connectivity index (χ4n) is 2.11. The first-order valence-electron chi connectivity index (χ1n) is 5.75. The standard InChI is InChI=1S/C11H19F3O2/c1-2-3-9-8-10(15,6-7-16-9)4-5-11(12,13)14/h9,15H,2-8H2,1H3. The molecule has 0 spiro atoms. The second-order valence-corrected chi connectivity index (χ2v) is 4.58. The summed E-state index contributed by atoms with van der Waals surface area (Å²) in [6.45, 7) is 2.35. The van der Waals surface area contributed by atoms with Crippen LogP contribution in [0.3, 0.4) is 0 Å². The second-order valence-electron chi connectivity index (χ2n) is 4.58. The Morgan fingerprint density at radius 3 is 2.69 bits per heavy atom. The van der Waals surface area contributed by atoms with Gasteiger partial charge < -0.3 is 9.84 Å². The van der Waals surface area contributed by atoms with Gasteiger partial charge in [0.15, 0.2) is 0 Å². The Morgan fingerprint density at radius 1 is 1.44 bits per heavy atom. The van der Waals surface area contributed by atoms with Crippen LogP contribution in [0.1, 0.15) is 45.4 Å². The molecule has 2 nitrogen and oxygen atoms in total. The van der Waals surface area contributed by atoms with E-state index in [1.807, 2.05) is 6.92 Å². The minimum Gasteiger partial charge on any atom is -0.390 e. The van der Waals surface area contributed by atoms with Gasteiger partial charge in [-0.25, -0.2) is 0 Å². The van der Waals surface area contributed by atoms with Crippen LogP contribution in [0.15, 0.2) is 0 Å². The number of rotatable bonds is 4. The van der Waals surface area contributed by atoms with E-state index in [2.05, 4.69) is 0 Å². The van der Waals surface area contributed by atoms with Gasteiger partial charge in [0.2, 0.25) is 0 Å². The van der Waals surface area contributed by atoms with Crippen LogP contribution in [0.2, 0.25) is 0 Å². The number of ether oxygens (including phenoxy) is 1. The third kappa shape index (κ3) is 4.70. The maximum absolute atomic E-state index is 12.1. The second kappa shape index (κ2) is 5.36. The van der Waals surface area contributed by atoms with E-state index >= 15 is 0 Å². The van der Waals surface area contributed by atoms with Gasteiger partial charge in [-0.15, -0.1) is 0 Å². The van der Waals surface area contributed by atoms with Crippen LogP contribution in [0.5, 0.6) is 0 Å². The van der Waals surface area contributed by atoms with Crippen molar-refractivity contribution in [3.63, 3.8) is 0 Å². The van der Waals surface area contributed by atoms with Gasteiger partial charge in [-0.2, -0.15) is 13.2 Å². The predicted molar refractivity (Wildman–Crippen MR) is 54.1 cm³/mol. The number of aliphatic hydroxyl groups is 1.